The van der Waals surface area contributed by atoms with E-state index in [1.165, 1.54) is 12.1 Å². The van der Waals surface area contributed by atoms with Crippen LogP contribution in [-0.2, 0) is 15.9 Å². The highest BCUT2D eigenvalue weighted by Crippen LogP contribution is 2.25. The van der Waals surface area contributed by atoms with Crippen LogP contribution in [0.2, 0.25) is 0 Å². The van der Waals surface area contributed by atoms with Crippen LogP contribution in [0.1, 0.15) is 10.4 Å². The number of ether oxygens (including phenoxy) is 1. The van der Waals surface area contributed by atoms with Gasteiger partial charge in [-0.15, -0.1) is 0 Å². The first-order chi connectivity index (χ1) is 8.04. The molecular formula is C9H4N2O5S. The summed E-state index contributed by atoms with van der Waals surface area (Å²) in [5, 5.41) is 0. The number of carbonyl (C=O) groups excluding carboxylic acids is 2. The van der Waals surface area contributed by atoms with Gasteiger partial charge in [-0.05, 0) is 18.2 Å². The minimum atomic E-state index is -2.26. The first-order valence-corrected chi connectivity index (χ1v) is 5.39. The predicted molar refractivity (Wildman–Crippen MR) is 54.1 cm³/mol. The summed E-state index contributed by atoms with van der Waals surface area (Å²) in [7, 11) is 0. The van der Waals surface area contributed by atoms with Crippen LogP contribution in [0.4, 0.5) is 0 Å². The van der Waals surface area contributed by atoms with Crippen molar-refractivity contribution < 1.29 is 27.9 Å². The zero-order chi connectivity index (χ0) is 12.6. The van der Waals surface area contributed by atoms with Gasteiger partial charge in [0.25, 0.3) is 5.78 Å². The number of hydrogen-bond acceptors (Lipinski definition) is 4. The molecule has 0 saturated carbocycles. The lowest BCUT2D eigenvalue weighted by Gasteiger charge is -2.11. The number of fused-ring (bicyclic) bond motifs is 1. The Hall–Kier alpha value is -2.15. The lowest BCUT2D eigenvalue weighted by Crippen LogP contribution is -2.34. The maximum Gasteiger partial charge on any atom is 0.446 e. The number of carbonyl (C=O) groups is 2. The van der Waals surface area contributed by atoms with Crippen molar-refractivity contribution in [3.63, 3.8) is 0 Å². The Morgan fingerprint density at radius 3 is 2.65 bits per heavy atom. The van der Waals surface area contributed by atoms with Gasteiger partial charge in [0, 0.05) is 0 Å². The fourth-order valence-electron chi connectivity index (χ4n) is 1.34. The summed E-state index contributed by atoms with van der Waals surface area (Å²) in [6.45, 7) is 0. The van der Waals surface area contributed by atoms with Crippen LogP contribution in [0.5, 0.6) is 5.75 Å². The number of Topliss-reactive ketones (excluding diaryl/α,β-unsaturated/α-hetero) is 1. The van der Waals surface area contributed by atoms with Crippen LogP contribution in [0, 0.1) is 0 Å². The Kier molecular flexibility index (Phi) is 2.68. The molecule has 1 heterocycles. The molecule has 1 atom stereocenters. The molecule has 0 saturated heterocycles. The predicted octanol–water partition coefficient (Wildman–Crippen LogP) is 0.0397. The number of ketones is 1. The van der Waals surface area contributed by atoms with E-state index in [1.807, 2.05) is 0 Å². The maximum atomic E-state index is 11.7. The first-order valence-electron chi connectivity index (χ1n) is 4.28. The number of hydrogen-bond donors (Lipinski definition) is 1. The van der Waals surface area contributed by atoms with Gasteiger partial charge in [0.2, 0.25) is 0 Å². The normalized spacial score (nSPS) is 15.9. The van der Waals surface area contributed by atoms with Crippen molar-refractivity contribution in [3.05, 3.63) is 29.3 Å². The maximum absolute atomic E-state index is 11.7. The second kappa shape index (κ2) is 4.02. The summed E-state index contributed by atoms with van der Waals surface area (Å²) in [4.78, 5) is 25.4. The van der Waals surface area contributed by atoms with Gasteiger partial charge in [-0.2, -0.15) is 4.79 Å². The van der Waals surface area contributed by atoms with Gasteiger partial charge in [-0.25, -0.2) is 9.00 Å². The fraction of sp³-hybridized carbons (Fsp3) is 0. The molecule has 0 aromatic heterocycles. The van der Waals surface area contributed by atoms with Gasteiger partial charge >= 0.3 is 11.7 Å². The molecule has 1 aliphatic heterocycles. The highest BCUT2D eigenvalue weighted by molar-refractivity contribution is 7.79. The number of rotatable bonds is 1. The highest BCUT2D eigenvalue weighted by Gasteiger charge is 2.40. The molecule has 1 aromatic carbocycles. The second-order valence-electron chi connectivity index (χ2n) is 3.07. The molecule has 17 heavy (non-hydrogen) atoms. The third-order valence-electron chi connectivity index (χ3n) is 2.11. The molecule has 7 nitrogen and oxygen atoms in total. The summed E-state index contributed by atoms with van der Waals surface area (Å²) in [6, 6.07) is 3.57. The average molecular weight is 252 g/mol. The zero-order valence-corrected chi connectivity index (χ0v) is 8.93. The van der Waals surface area contributed by atoms with Crippen molar-refractivity contribution in [2.24, 2.45) is 0 Å². The van der Waals surface area contributed by atoms with Crippen molar-refractivity contribution in [1.29, 1.82) is 0 Å². The SMILES string of the molecule is [N-]=[N+]=C1C(=O)Oc2ccc(S(=O)O)cc2C1=O. The monoisotopic (exact) mass is 252 g/mol. The van der Waals surface area contributed by atoms with E-state index in [0.717, 1.165) is 6.07 Å². The third-order valence-corrected chi connectivity index (χ3v) is 2.77. The Morgan fingerprint density at radius 1 is 1.35 bits per heavy atom. The Morgan fingerprint density at radius 2 is 2.06 bits per heavy atom. The standard InChI is InChI=1S/C9H4N2O5S/c10-11-7-8(12)5-3-4(17(14)15)1-2-6(5)16-9(7)13/h1-3H,(H,14,15). The number of esters is 1. The molecule has 2 rings (SSSR count). The van der Waals surface area contributed by atoms with Gasteiger partial charge < -0.3 is 14.8 Å². The molecule has 1 unspecified atom stereocenters. The van der Waals surface area contributed by atoms with Crippen molar-refractivity contribution in [2.75, 3.05) is 0 Å². The van der Waals surface area contributed by atoms with Gasteiger partial charge in [0.1, 0.15) is 5.75 Å². The quantitative estimate of drug-likeness (QED) is 0.249. The topological polar surface area (TPSA) is 117 Å². The summed E-state index contributed by atoms with van der Waals surface area (Å²) < 4.78 is 24.4. The van der Waals surface area contributed by atoms with Crippen molar-refractivity contribution in [3.8, 4) is 5.75 Å². The molecule has 0 aliphatic carbocycles. The van der Waals surface area contributed by atoms with E-state index < -0.39 is 28.5 Å². The molecule has 1 aliphatic rings. The van der Waals surface area contributed by atoms with E-state index in [2.05, 4.69) is 4.79 Å². The molecule has 0 spiro atoms. The molecule has 0 fully saturated rings. The Bertz CT molecular complexity index is 618. The largest absolute Gasteiger partial charge is 0.446 e. The molecule has 1 N–H and O–H groups in total. The minimum absolute atomic E-state index is 0.0210. The van der Waals surface area contributed by atoms with Gasteiger partial charge in [-0.3, -0.25) is 4.79 Å². The van der Waals surface area contributed by atoms with E-state index in [9.17, 15) is 13.8 Å². The van der Waals surface area contributed by atoms with E-state index in [0.29, 0.717) is 0 Å². The summed E-state index contributed by atoms with van der Waals surface area (Å²) in [6.07, 6.45) is 0. The van der Waals surface area contributed by atoms with Crippen LogP contribution in [-0.4, -0.2) is 31.0 Å². The fourth-order valence-corrected chi connectivity index (χ4v) is 1.74. The second-order valence-corrected chi connectivity index (χ2v) is 4.04. The van der Waals surface area contributed by atoms with Crippen LogP contribution in [0.3, 0.4) is 0 Å². The van der Waals surface area contributed by atoms with Gasteiger partial charge in [0.05, 0.1) is 10.5 Å². The Balaban J connectivity index is 2.63. The lowest BCUT2D eigenvalue weighted by molar-refractivity contribution is -0.131. The molecule has 0 radical (unpaired) electrons. The van der Waals surface area contributed by atoms with E-state index in [-0.39, 0.29) is 16.2 Å². The number of nitrogens with zero attached hydrogens (tertiary/aromatic N) is 2. The highest BCUT2D eigenvalue weighted by atomic mass is 32.2. The number of benzene rings is 1. The van der Waals surface area contributed by atoms with Gasteiger partial charge in [0.15, 0.2) is 11.1 Å². The van der Waals surface area contributed by atoms with Crippen molar-refractivity contribution in [1.82, 2.24) is 0 Å². The molecule has 0 amide bonds. The lowest BCUT2D eigenvalue weighted by atomic mass is 10.0. The molecule has 0 bridgehead atoms. The van der Waals surface area contributed by atoms with Crippen molar-refractivity contribution >= 4 is 28.5 Å². The molecule has 8 heteroatoms. The summed E-state index contributed by atoms with van der Waals surface area (Å²) in [5.41, 5.74) is 7.63. The zero-order valence-electron chi connectivity index (χ0n) is 8.11. The van der Waals surface area contributed by atoms with Crippen LogP contribution < -0.4 is 4.74 Å². The third kappa shape index (κ3) is 1.80. The van der Waals surface area contributed by atoms with E-state index in [4.69, 9.17) is 14.8 Å². The van der Waals surface area contributed by atoms with Crippen LogP contribution >= 0.6 is 0 Å². The van der Waals surface area contributed by atoms with Crippen LogP contribution in [0.25, 0.3) is 5.53 Å². The Labute approximate surface area is 96.9 Å². The minimum Gasteiger partial charge on any atom is -0.417 e. The molecule has 1 aromatic rings. The average Bonchev–Trinajstić information content (AvgIpc) is 2.29. The van der Waals surface area contributed by atoms with Gasteiger partial charge in [-0.1, -0.05) is 0 Å². The van der Waals surface area contributed by atoms with Crippen molar-refractivity contribution in [2.45, 2.75) is 4.90 Å². The smallest absolute Gasteiger partial charge is 0.417 e. The van der Waals surface area contributed by atoms with Crippen LogP contribution in [0.15, 0.2) is 23.1 Å². The van der Waals surface area contributed by atoms with E-state index >= 15 is 0 Å². The molecular weight excluding hydrogens is 248 g/mol. The molecule has 86 valence electrons. The summed E-state index contributed by atoms with van der Waals surface area (Å²) in [5.74, 6) is -1.96. The first kappa shape index (κ1) is 11.3. The van der Waals surface area contributed by atoms with E-state index in [1.54, 1.807) is 0 Å². The summed E-state index contributed by atoms with van der Waals surface area (Å²) >= 11 is -2.26.